The monoisotopic (exact) mass is 217 g/mol. The second kappa shape index (κ2) is 4.81. The van der Waals surface area contributed by atoms with Crippen molar-refractivity contribution in [1.29, 1.82) is 0 Å². The summed E-state index contributed by atoms with van der Waals surface area (Å²) in [6.45, 7) is 0.666. The lowest BCUT2D eigenvalue weighted by Gasteiger charge is -2.05. The first-order chi connectivity index (χ1) is 7.79. The van der Waals surface area contributed by atoms with Crippen LogP contribution in [0, 0.1) is 0 Å². The Labute approximate surface area is 94.7 Å². The van der Waals surface area contributed by atoms with Crippen LogP contribution in [0.3, 0.4) is 0 Å². The molecule has 0 atom stereocenters. The van der Waals surface area contributed by atoms with Crippen molar-refractivity contribution in [3.63, 3.8) is 0 Å². The van der Waals surface area contributed by atoms with Crippen molar-refractivity contribution in [2.45, 2.75) is 6.42 Å². The van der Waals surface area contributed by atoms with Crippen molar-refractivity contribution in [3.05, 3.63) is 42.2 Å². The van der Waals surface area contributed by atoms with Gasteiger partial charge in [0, 0.05) is 19.4 Å². The van der Waals surface area contributed by atoms with Crippen LogP contribution in [0.4, 0.5) is 0 Å². The number of rotatable bonds is 4. The van der Waals surface area contributed by atoms with Gasteiger partial charge in [-0.2, -0.15) is 0 Å². The number of benzene rings is 1. The maximum atomic E-state index is 5.60. The minimum Gasteiger partial charge on any atom is -0.426 e. The highest BCUT2D eigenvalue weighted by molar-refractivity contribution is 5.29. The number of nitrogens with zero attached hydrogens (tertiary/aromatic N) is 2. The van der Waals surface area contributed by atoms with E-state index in [4.69, 9.17) is 10.5 Å². The predicted octanol–water partition coefficient (Wildman–Crippen LogP) is 1.71. The predicted molar refractivity (Wildman–Crippen MR) is 62.5 cm³/mol. The minimum atomic E-state index is 0.589. The summed E-state index contributed by atoms with van der Waals surface area (Å²) in [5.41, 5.74) is 6.70. The lowest BCUT2D eigenvalue weighted by molar-refractivity contribution is 0.424. The molecule has 0 radical (unpaired) electrons. The van der Waals surface area contributed by atoms with Gasteiger partial charge in [-0.1, -0.05) is 12.1 Å². The molecule has 1 aromatic carbocycles. The van der Waals surface area contributed by atoms with Gasteiger partial charge in [0.1, 0.15) is 5.75 Å². The van der Waals surface area contributed by atoms with Crippen molar-refractivity contribution >= 4 is 0 Å². The van der Waals surface area contributed by atoms with Crippen LogP contribution in [0.25, 0.3) is 0 Å². The van der Waals surface area contributed by atoms with E-state index in [1.165, 1.54) is 5.56 Å². The zero-order valence-corrected chi connectivity index (χ0v) is 9.26. The third-order valence-corrected chi connectivity index (χ3v) is 2.34. The van der Waals surface area contributed by atoms with Crippen LogP contribution in [0.2, 0.25) is 0 Å². The fraction of sp³-hybridized carbons (Fsp3) is 0.250. The molecule has 84 valence electrons. The second-order valence-corrected chi connectivity index (χ2v) is 3.61. The smallest absolute Gasteiger partial charge is 0.301 e. The number of aromatic nitrogens is 2. The molecule has 2 aromatic rings. The summed E-state index contributed by atoms with van der Waals surface area (Å²) < 4.78 is 7.43. The molecule has 4 heteroatoms. The SMILES string of the molecule is Cn1ccnc1Oc1ccc(CCN)cc1. The Morgan fingerprint density at radius 3 is 2.62 bits per heavy atom. The zero-order valence-electron chi connectivity index (χ0n) is 9.26. The van der Waals surface area contributed by atoms with Gasteiger partial charge in [-0.25, -0.2) is 4.98 Å². The van der Waals surface area contributed by atoms with E-state index in [-0.39, 0.29) is 0 Å². The van der Waals surface area contributed by atoms with E-state index < -0.39 is 0 Å². The molecule has 2 N–H and O–H groups in total. The van der Waals surface area contributed by atoms with E-state index in [9.17, 15) is 0 Å². The Balaban J connectivity index is 2.08. The highest BCUT2D eigenvalue weighted by Crippen LogP contribution is 2.19. The normalized spacial score (nSPS) is 10.4. The molecule has 0 unspecified atom stereocenters. The second-order valence-electron chi connectivity index (χ2n) is 3.61. The summed E-state index contributed by atoms with van der Waals surface area (Å²) in [4.78, 5) is 4.09. The van der Waals surface area contributed by atoms with Crippen molar-refractivity contribution < 1.29 is 4.74 Å². The van der Waals surface area contributed by atoms with E-state index in [0.29, 0.717) is 12.6 Å². The Morgan fingerprint density at radius 1 is 1.31 bits per heavy atom. The molecule has 0 aliphatic rings. The summed E-state index contributed by atoms with van der Waals surface area (Å²) in [5, 5.41) is 0. The zero-order chi connectivity index (χ0) is 11.4. The largest absolute Gasteiger partial charge is 0.426 e. The van der Waals surface area contributed by atoms with Crippen molar-refractivity contribution in [2.24, 2.45) is 12.8 Å². The number of nitrogens with two attached hydrogens (primary N) is 1. The van der Waals surface area contributed by atoms with E-state index in [1.807, 2.05) is 42.1 Å². The maximum Gasteiger partial charge on any atom is 0.301 e. The quantitative estimate of drug-likeness (QED) is 0.848. The van der Waals surface area contributed by atoms with Gasteiger partial charge in [-0.05, 0) is 30.7 Å². The average Bonchev–Trinajstić information content (AvgIpc) is 2.68. The fourth-order valence-electron chi connectivity index (χ4n) is 1.45. The topological polar surface area (TPSA) is 53.1 Å². The molecule has 0 amide bonds. The molecule has 0 aliphatic carbocycles. The third kappa shape index (κ3) is 2.41. The van der Waals surface area contributed by atoms with Crippen LogP contribution in [0.5, 0.6) is 11.8 Å². The molecule has 0 aliphatic heterocycles. The highest BCUT2D eigenvalue weighted by atomic mass is 16.5. The maximum absolute atomic E-state index is 5.60. The number of ether oxygens (including phenoxy) is 1. The molecule has 2 rings (SSSR count). The van der Waals surface area contributed by atoms with Gasteiger partial charge in [0.2, 0.25) is 0 Å². The van der Waals surface area contributed by atoms with Crippen molar-refractivity contribution in [1.82, 2.24) is 9.55 Å². The molecule has 0 saturated heterocycles. The van der Waals surface area contributed by atoms with Crippen LogP contribution in [-0.2, 0) is 13.5 Å². The lowest BCUT2D eigenvalue weighted by Crippen LogP contribution is -2.02. The molecule has 1 heterocycles. The Morgan fingerprint density at radius 2 is 2.06 bits per heavy atom. The van der Waals surface area contributed by atoms with Gasteiger partial charge in [-0.3, -0.25) is 0 Å². The van der Waals surface area contributed by atoms with Gasteiger partial charge in [-0.15, -0.1) is 0 Å². The molecule has 1 aromatic heterocycles. The molecule has 0 spiro atoms. The van der Waals surface area contributed by atoms with Crippen LogP contribution in [-0.4, -0.2) is 16.1 Å². The molecule has 0 bridgehead atoms. The van der Waals surface area contributed by atoms with Crippen LogP contribution in [0.15, 0.2) is 36.7 Å². The first-order valence-corrected chi connectivity index (χ1v) is 5.24. The fourth-order valence-corrected chi connectivity index (χ4v) is 1.45. The minimum absolute atomic E-state index is 0.589. The van der Waals surface area contributed by atoms with Gasteiger partial charge in [0.25, 0.3) is 0 Å². The first kappa shape index (κ1) is 10.7. The van der Waals surface area contributed by atoms with Crippen LogP contribution < -0.4 is 10.5 Å². The van der Waals surface area contributed by atoms with Gasteiger partial charge in [0.15, 0.2) is 0 Å². The number of hydrogen-bond donors (Lipinski definition) is 1. The number of hydrogen-bond acceptors (Lipinski definition) is 3. The average molecular weight is 217 g/mol. The molecule has 4 nitrogen and oxygen atoms in total. The van der Waals surface area contributed by atoms with E-state index in [2.05, 4.69) is 4.98 Å². The van der Waals surface area contributed by atoms with Crippen molar-refractivity contribution in [2.75, 3.05) is 6.54 Å². The van der Waals surface area contributed by atoms with E-state index in [0.717, 1.165) is 12.2 Å². The summed E-state index contributed by atoms with van der Waals surface area (Å²) >= 11 is 0. The number of aryl methyl sites for hydroxylation is 1. The molecule has 0 saturated carbocycles. The summed E-state index contributed by atoms with van der Waals surface area (Å²) in [5.74, 6) is 0.787. The summed E-state index contributed by atoms with van der Waals surface area (Å²) in [6, 6.07) is 8.49. The van der Waals surface area contributed by atoms with Gasteiger partial charge in [0.05, 0.1) is 0 Å². The third-order valence-electron chi connectivity index (χ3n) is 2.34. The summed E-state index contributed by atoms with van der Waals surface area (Å²) in [6.07, 6.45) is 4.44. The van der Waals surface area contributed by atoms with E-state index >= 15 is 0 Å². The van der Waals surface area contributed by atoms with Crippen LogP contribution >= 0.6 is 0 Å². The Hall–Kier alpha value is -1.81. The molecule has 16 heavy (non-hydrogen) atoms. The molecule has 0 fully saturated rings. The lowest BCUT2D eigenvalue weighted by atomic mass is 10.1. The summed E-state index contributed by atoms with van der Waals surface area (Å²) in [7, 11) is 1.89. The van der Waals surface area contributed by atoms with E-state index in [1.54, 1.807) is 6.20 Å². The Bertz CT molecular complexity index is 448. The van der Waals surface area contributed by atoms with Gasteiger partial charge < -0.3 is 15.0 Å². The molecular formula is C12H15N3O. The standard InChI is InChI=1S/C12H15N3O/c1-15-9-8-14-12(15)16-11-4-2-10(3-5-11)6-7-13/h2-5,8-9H,6-7,13H2,1H3. The van der Waals surface area contributed by atoms with Crippen molar-refractivity contribution in [3.8, 4) is 11.8 Å². The Kier molecular flexibility index (Phi) is 3.22. The number of imidazole rings is 1. The van der Waals surface area contributed by atoms with Crippen LogP contribution in [0.1, 0.15) is 5.56 Å². The first-order valence-electron chi connectivity index (χ1n) is 5.24. The highest BCUT2D eigenvalue weighted by Gasteiger charge is 2.01. The van der Waals surface area contributed by atoms with Gasteiger partial charge >= 0.3 is 6.01 Å². The molecular weight excluding hydrogens is 202 g/mol.